The number of nitrogens with zero attached hydrogens (tertiary/aromatic N) is 1. The predicted octanol–water partition coefficient (Wildman–Crippen LogP) is 4.02. The first-order valence-electron chi connectivity index (χ1n) is 10.1. The second-order valence-electron chi connectivity index (χ2n) is 7.42. The Hall–Kier alpha value is -0.920. The van der Waals surface area contributed by atoms with Gasteiger partial charge in [-0.05, 0) is 107 Å². The maximum Gasteiger partial charge on any atom is 0.269 e. The number of carbonyl (C=O) groups excluding carboxylic acids is 1. The average Bonchev–Trinajstić information content (AvgIpc) is 3.19. The highest BCUT2D eigenvalue weighted by atomic mass is 79.9. The molecule has 12 heteroatoms. The summed E-state index contributed by atoms with van der Waals surface area (Å²) in [5, 5.41) is 17.4. The summed E-state index contributed by atoms with van der Waals surface area (Å²) >= 11 is 13.8. The number of hydrogen-bond acceptors (Lipinski definition) is 7. The zero-order valence-corrected chi connectivity index (χ0v) is 24.0. The molecule has 8 nitrogen and oxygen atoms in total. The Morgan fingerprint density at radius 2 is 2.03 bits per heavy atom. The van der Waals surface area contributed by atoms with E-state index in [1.54, 1.807) is 6.08 Å². The Labute approximate surface area is 225 Å². The van der Waals surface area contributed by atoms with E-state index in [1.807, 2.05) is 12.1 Å². The number of methoxy groups -OCH3 is 1. The SMILES string of the molecule is COC1=C(Br)[C@H](O)C2(C=C1Br)CC(C(=O)NCCCOc1c(Br)cc(CCN)cc1Br)=NO2. The summed E-state index contributed by atoms with van der Waals surface area (Å²) in [6.45, 7) is 1.38. The van der Waals surface area contributed by atoms with Gasteiger partial charge in [-0.1, -0.05) is 5.16 Å². The van der Waals surface area contributed by atoms with Crippen LogP contribution >= 0.6 is 63.7 Å². The van der Waals surface area contributed by atoms with E-state index in [4.69, 9.17) is 20.0 Å². The summed E-state index contributed by atoms with van der Waals surface area (Å²) in [6, 6.07) is 3.97. The van der Waals surface area contributed by atoms with Crippen LogP contribution in [0.15, 0.2) is 47.0 Å². The lowest BCUT2D eigenvalue weighted by atomic mass is 9.87. The number of allylic oxidation sites excluding steroid dienone is 1. The predicted molar refractivity (Wildman–Crippen MR) is 140 cm³/mol. The van der Waals surface area contributed by atoms with Crippen LogP contribution in [-0.2, 0) is 20.8 Å². The molecule has 1 aromatic rings. The van der Waals surface area contributed by atoms with Crippen LogP contribution in [0.2, 0.25) is 0 Å². The summed E-state index contributed by atoms with van der Waals surface area (Å²) in [7, 11) is 1.50. The molecule has 2 atom stereocenters. The lowest BCUT2D eigenvalue weighted by Crippen LogP contribution is -2.45. The van der Waals surface area contributed by atoms with Gasteiger partial charge in [0.25, 0.3) is 5.91 Å². The fraction of sp³-hybridized carbons (Fsp3) is 0.429. The van der Waals surface area contributed by atoms with Gasteiger partial charge in [0, 0.05) is 13.0 Å². The number of hydrogen-bond donors (Lipinski definition) is 3. The van der Waals surface area contributed by atoms with Gasteiger partial charge in [-0.3, -0.25) is 4.79 Å². The number of benzene rings is 1. The maximum atomic E-state index is 12.6. The molecule has 1 heterocycles. The van der Waals surface area contributed by atoms with Gasteiger partial charge in [0.1, 0.15) is 23.3 Å². The molecule has 0 radical (unpaired) electrons. The molecule has 0 bridgehead atoms. The highest BCUT2D eigenvalue weighted by Crippen LogP contribution is 2.44. The third kappa shape index (κ3) is 6.02. The molecule has 0 aromatic heterocycles. The van der Waals surface area contributed by atoms with Crippen LogP contribution in [0.5, 0.6) is 5.75 Å². The smallest absolute Gasteiger partial charge is 0.269 e. The van der Waals surface area contributed by atoms with Gasteiger partial charge in [0.05, 0.1) is 31.6 Å². The van der Waals surface area contributed by atoms with Gasteiger partial charge >= 0.3 is 0 Å². The Morgan fingerprint density at radius 1 is 1.33 bits per heavy atom. The first-order chi connectivity index (χ1) is 15.7. The highest BCUT2D eigenvalue weighted by Gasteiger charge is 2.50. The zero-order valence-electron chi connectivity index (χ0n) is 17.7. The molecule has 1 amide bonds. The second-order valence-corrected chi connectivity index (χ2v) is 10.8. The molecule has 1 unspecified atom stereocenters. The van der Waals surface area contributed by atoms with E-state index >= 15 is 0 Å². The Balaban J connectivity index is 1.48. The van der Waals surface area contributed by atoms with Crippen LogP contribution in [0.1, 0.15) is 18.4 Å². The Bertz CT molecular complexity index is 991. The normalized spacial score (nSPS) is 22.1. The first kappa shape index (κ1) is 26.7. The molecule has 3 rings (SSSR count). The third-order valence-electron chi connectivity index (χ3n) is 5.09. The van der Waals surface area contributed by atoms with Crippen molar-refractivity contribution >= 4 is 75.3 Å². The summed E-state index contributed by atoms with van der Waals surface area (Å²) in [6.07, 6.45) is 2.08. The van der Waals surface area contributed by atoms with E-state index in [1.165, 1.54) is 7.11 Å². The van der Waals surface area contributed by atoms with Crippen molar-refractivity contribution in [3.8, 4) is 5.75 Å². The second kappa shape index (κ2) is 11.7. The number of aliphatic hydroxyl groups excluding tert-OH is 1. The minimum absolute atomic E-state index is 0.118. The van der Waals surface area contributed by atoms with Gasteiger partial charge in [0.2, 0.25) is 0 Å². The molecule has 180 valence electrons. The minimum atomic E-state index is -1.18. The van der Waals surface area contributed by atoms with Crippen LogP contribution in [0.4, 0.5) is 0 Å². The monoisotopic (exact) mass is 713 g/mol. The molecule has 1 aliphatic carbocycles. The van der Waals surface area contributed by atoms with Gasteiger partial charge in [-0.2, -0.15) is 0 Å². The van der Waals surface area contributed by atoms with Crippen molar-refractivity contribution in [2.75, 3.05) is 26.8 Å². The van der Waals surface area contributed by atoms with Crippen LogP contribution < -0.4 is 15.8 Å². The number of nitrogens with one attached hydrogen (secondary N) is 1. The van der Waals surface area contributed by atoms with E-state index in [2.05, 4.69) is 74.2 Å². The van der Waals surface area contributed by atoms with Crippen molar-refractivity contribution in [1.29, 1.82) is 0 Å². The van der Waals surface area contributed by atoms with Crippen molar-refractivity contribution in [1.82, 2.24) is 5.32 Å². The number of oxime groups is 1. The molecule has 4 N–H and O–H groups in total. The van der Waals surface area contributed by atoms with Gasteiger partial charge in [0.15, 0.2) is 5.60 Å². The van der Waals surface area contributed by atoms with Crippen LogP contribution in [0, 0.1) is 0 Å². The number of halogens is 4. The molecule has 0 saturated heterocycles. The summed E-state index contributed by atoms with van der Waals surface area (Å²) in [5.41, 5.74) is 5.75. The van der Waals surface area contributed by atoms with Crippen LogP contribution in [0.3, 0.4) is 0 Å². The topological polar surface area (TPSA) is 115 Å². The van der Waals surface area contributed by atoms with E-state index in [0.717, 1.165) is 20.9 Å². The van der Waals surface area contributed by atoms with Gasteiger partial charge in [-0.25, -0.2) is 0 Å². The van der Waals surface area contributed by atoms with E-state index in [0.29, 0.717) is 46.6 Å². The third-order valence-corrected chi connectivity index (χ3v) is 7.65. The van der Waals surface area contributed by atoms with Crippen molar-refractivity contribution in [3.63, 3.8) is 0 Å². The number of nitrogens with two attached hydrogens (primary N) is 1. The van der Waals surface area contributed by atoms with Crippen molar-refractivity contribution in [2.45, 2.75) is 31.0 Å². The highest BCUT2D eigenvalue weighted by molar-refractivity contribution is 9.12. The number of rotatable bonds is 9. The zero-order chi connectivity index (χ0) is 24.2. The number of aliphatic hydroxyl groups is 1. The molecule has 1 aromatic carbocycles. The van der Waals surface area contributed by atoms with E-state index in [-0.39, 0.29) is 18.0 Å². The van der Waals surface area contributed by atoms with Crippen molar-refractivity contribution in [2.24, 2.45) is 10.9 Å². The maximum absolute atomic E-state index is 12.6. The minimum Gasteiger partial charge on any atom is -0.495 e. The Morgan fingerprint density at radius 3 is 2.67 bits per heavy atom. The average molecular weight is 717 g/mol. The van der Waals surface area contributed by atoms with E-state index < -0.39 is 11.7 Å². The summed E-state index contributed by atoms with van der Waals surface area (Å²) in [5.74, 6) is 0.812. The standard InChI is InChI=1S/C21H23Br4N3O5/c1-31-18-14(24)9-21(19(29)16(18)25)10-15(28-33-21)20(30)27-5-2-6-32-17-12(22)7-11(3-4-26)8-13(17)23/h7-9,19,29H,2-6,10,26H2,1H3,(H,27,30)/t19-,21?/m0/s1. The van der Waals surface area contributed by atoms with E-state index in [9.17, 15) is 9.90 Å². The fourth-order valence-corrected chi connectivity index (χ4v) is 6.73. The molecular weight excluding hydrogens is 694 g/mol. The van der Waals surface area contributed by atoms with Gasteiger partial charge in [-0.15, -0.1) is 0 Å². The molecule has 2 aliphatic rings. The molecule has 0 saturated carbocycles. The van der Waals surface area contributed by atoms with Crippen molar-refractivity contribution < 1.29 is 24.2 Å². The van der Waals surface area contributed by atoms with Crippen LogP contribution in [-0.4, -0.2) is 55.2 Å². The first-order valence-corrected chi connectivity index (χ1v) is 13.2. The number of carbonyl (C=O) groups is 1. The van der Waals surface area contributed by atoms with Crippen LogP contribution in [0.25, 0.3) is 0 Å². The summed E-state index contributed by atoms with van der Waals surface area (Å²) < 4.78 is 13.8. The van der Waals surface area contributed by atoms with Gasteiger partial charge < -0.3 is 30.5 Å². The Kier molecular flexibility index (Phi) is 9.44. The fourth-order valence-electron chi connectivity index (χ4n) is 3.43. The number of ether oxygens (including phenoxy) is 2. The molecule has 1 aliphatic heterocycles. The molecule has 0 fully saturated rings. The molecular formula is C21H23Br4N3O5. The summed E-state index contributed by atoms with van der Waals surface area (Å²) in [4.78, 5) is 18.1. The number of amides is 1. The molecule has 1 spiro atoms. The van der Waals surface area contributed by atoms with Crippen molar-refractivity contribution in [3.05, 3.63) is 47.4 Å². The largest absolute Gasteiger partial charge is 0.495 e. The lowest BCUT2D eigenvalue weighted by molar-refractivity contribution is -0.114. The quantitative estimate of drug-likeness (QED) is 0.333. The molecule has 33 heavy (non-hydrogen) atoms. The lowest BCUT2D eigenvalue weighted by Gasteiger charge is -2.33.